The van der Waals surface area contributed by atoms with Crippen molar-refractivity contribution in [2.45, 2.75) is 54.0 Å². The molecule has 0 spiro atoms. The Morgan fingerprint density at radius 1 is 1.32 bits per heavy atom. The van der Waals surface area contributed by atoms with E-state index in [4.69, 9.17) is 16.3 Å². The molecule has 142 valence electrons. The second-order valence-corrected chi connectivity index (χ2v) is 6.06. The number of hydrogen-bond acceptors (Lipinski definition) is 5. The van der Waals surface area contributed by atoms with Crippen LogP contribution in [0.25, 0.3) is 5.52 Å². The number of carbonyl (C=O) groups excluding carboxylic acids is 1. The fraction of sp³-hybridized carbons (Fsp3) is 0.588. The summed E-state index contributed by atoms with van der Waals surface area (Å²) in [6.07, 6.45) is 3.47. The highest BCUT2D eigenvalue weighted by Crippen LogP contribution is 2.17. The van der Waals surface area contributed by atoms with E-state index in [1.165, 1.54) is 11.8 Å². The number of carbonyl (C=O) groups is 1. The topological polar surface area (TPSA) is 65.6 Å². The molecule has 0 saturated heterocycles. The molecule has 0 aliphatic carbocycles. The van der Waals surface area contributed by atoms with E-state index < -0.39 is 5.97 Å². The zero-order chi connectivity index (χ0) is 19.6. The van der Waals surface area contributed by atoms with E-state index in [-0.39, 0.29) is 24.0 Å². The van der Waals surface area contributed by atoms with Crippen molar-refractivity contribution in [3.05, 3.63) is 33.5 Å². The highest BCUT2D eigenvalue weighted by molar-refractivity contribution is 7.98. The first-order valence-electron chi connectivity index (χ1n) is 8.37. The van der Waals surface area contributed by atoms with E-state index in [1.54, 1.807) is 16.7 Å². The summed E-state index contributed by atoms with van der Waals surface area (Å²) in [5, 5.41) is 4.72. The zero-order valence-electron chi connectivity index (χ0n) is 16.0. The summed E-state index contributed by atoms with van der Waals surface area (Å²) in [6.45, 7) is 11.7. The molecule has 2 rings (SSSR count). The van der Waals surface area contributed by atoms with Crippen LogP contribution in [-0.4, -0.2) is 32.3 Å². The van der Waals surface area contributed by atoms with E-state index in [0.29, 0.717) is 16.4 Å². The van der Waals surface area contributed by atoms with Crippen molar-refractivity contribution in [1.82, 2.24) is 14.2 Å². The van der Waals surface area contributed by atoms with Gasteiger partial charge in [0.05, 0.1) is 5.02 Å². The molecular formula is C17H28ClN3O3S. The third kappa shape index (κ3) is 6.40. The van der Waals surface area contributed by atoms with Gasteiger partial charge in [-0.1, -0.05) is 53.1 Å². The molecule has 0 bridgehead atoms. The highest BCUT2D eigenvalue weighted by Gasteiger charge is 2.16. The summed E-state index contributed by atoms with van der Waals surface area (Å²) in [4.78, 5) is 24.0. The number of hydrogen-bond donors (Lipinski definition) is 0. The standard InChI is InChI=1S/C13H16ClN3O3S.2C2H6/c1-8(2)12-15-17(6-11(18)20-7-21-3)13(19)10-4-9(14)5-16(10)12;2*1-2/h4-5,8H,6-7H2,1-3H3;2*1-2H3. The van der Waals surface area contributed by atoms with E-state index in [9.17, 15) is 9.59 Å². The SMILES string of the molecule is CC.CC.CSCOC(=O)Cn1nc(C(C)C)n2cc(Cl)cc2c1=O. The number of aromatic nitrogens is 3. The highest BCUT2D eigenvalue weighted by atomic mass is 35.5. The molecule has 0 aliphatic rings. The predicted octanol–water partition coefficient (Wildman–Crippen LogP) is 4.19. The lowest BCUT2D eigenvalue weighted by Gasteiger charge is -2.12. The molecule has 25 heavy (non-hydrogen) atoms. The Hall–Kier alpha value is -1.47. The summed E-state index contributed by atoms with van der Waals surface area (Å²) >= 11 is 7.35. The monoisotopic (exact) mass is 389 g/mol. The molecule has 0 radical (unpaired) electrons. The fourth-order valence-electron chi connectivity index (χ4n) is 1.93. The van der Waals surface area contributed by atoms with Gasteiger partial charge in [0.2, 0.25) is 0 Å². The summed E-state index contributed by atoms with van der Waals surface area (Å²) in [5.41, 5.74) is 0.0313. The van der Waals surface area contributed by atoms with Gasteiger partial charge in [-0.25, -0.2) is 4.68 Å². The smallest absolute Gasteiger partial charge is 0.328 e. The van der Waals surface area contributed by atoms with Gasteiger partial charge in [-0.2, -0.15) is 5.10 Å². The number of fused-ring (bicyclic) bond motifs is 1. The normalized spacial score (nSPS) is 9.96. The molecule has 0 aromatic carbocycles. The molecule has 0 N–H and O–H groups in total. The number of nitrogens with zero attached hydrogens (tertiary/aromatic N) is 3. The molecule has 0 saturated carbocycles. The summed E-state index contributed by atoms with van der Waals surface area (Å²) in [7, 11) is 0. The van der Waals surface area contributed by atoms with E-state index >= 15 is 0 Å². The van der Waals surface area contributed by atoms with Crippen molar-refractivity contribution < 1.29 is 9.53 Å². The molecule has 0 unspecified atom stereocenters. The van der Waals surface area contributed by atoms with Crippen molar-refractivity contribution >= 4 is 34.8 Å². The van der Waals surface area contributed by atoms with Gasteiger partial charge in [0.1, 0.15) is 23.8 Å². The van der Waals surface area contributed by atoms with Crippen LogP contribution in [0.4, 0.5) is 0 Å². The second kappa shape index (κ2) is 12.0. The van der Waals surface area contributed by atoms with Gasteiger partial charge in [0.15, 0.2) is 0 Å². The maximum Gasteiger partial charge on any atom is 0.328 e. The maximum atomic E-state index is 12.3. The van der Waals surface area contributed by atoms with Crippen LogP contribution < -0.4 is 5.56 Å². The van der Waals surface area contributed by atoms with Crippen molar-refractivity contribution in [2.75, 3.05) is 12.2 Å². The number of halogens is 1. The Morgan fingerprint density at radius 3 is 2.44 bits per heavy atom. The lowest BCUT2D eigenvalue weighted by atomic mass is 10.2. The van der Waals surface area contributed by atoms with Crippen molar-refractivity contribution in [3.8, 4) is 0 Å². The van der Waals surface area contributed by atoms with Gasteiger partial charge in [0.25, 0.3) is 5.56 Å². The Labute approximate surface area is 158 Å². The Bertz CT molecular complexity index is 726. The van der Waals surface area contributed by atoms with Crippen molar-refractivity contribution in [2.24, 2.45) is 0 Å². The number of esters is 1. The van der Waals surface area contributed by atoms with Crippen LogP contribution in [0, 0.1) is 0 Å². The molecule has 0 atom stereocenters. The third-order valence-electron chi connectivity index (χ3n) is 2.84. The lowest BCUT2D eigenvalue weighted by molar-refractivity contribution is -0.142. The number of ether oxygens (including phenoxy) is 1. The van der Waals surface area contributed by atoms with Crippen LogP contribution in [0.1, 0.15) is 53.3 Å². The first-order chi connectivity index (χ1) is 11.9. The largest absolute Gasteiger partial charge is 0.453 e. The zero-order valence-corrected chi connectivity index (χ0v) is 17.6. The molecule has 2 aromatic heterocycles. The molecule has 0 fully saturated rings. The average molecular weight is 390 g/mol. The molecule has 0 amide bonds. The average Bonchev–Trinajstić information content (AvgIpc) is 3.00. The van der Waals surface area contributed by atoms with Gasteiger partial charge >= 0.3 is 5.97 Å². The first-order valence-corrected chi connectivity index (χ1v) is 10.1. The predicted molar refractivity (Wildman–Crippen MR) is 106 cm³/mol. The van der Waals surface area contributed by atoms with E-state index in [0.717, 1.165) is 4.68 Å². The fourth-order valence-corrected chi connectivity index (χ4v) is 2.38. The van der Waals surface area contributed by atoms with Crippen LogP contribution >= 0.6 is 23.4 Å². The lowest BCUT2D eigenvalue weighted by Crippen LogP contribution is -2.30. The maximum absolute atomic E-state index is 12.3. The molecular weight excluding hydrogens is 362 g/mol. The second-order valence-electron chi connectivity index (χ2n) is 4.81. The summed E-state index contributed by atoms with van der Waals surface area (Å²) in [5.74, 6) is 0.499. The minimum Gasteiger partial charge on any atom is -0.453 e. The Morgan fingerprint density at radius 2 is 1.92 bits per heavy atom. The molecule has 2 heterocycles. The van der Waals surface area contributed by atoms with Crippen LogP contribution in [0.2, 0.25) is 5.02 Å². The van der Waals surface area contributed by atoms with Crippen LogP contribution in [0.5, 0.6) is 0 Å². The molecule has 0 aliphatic heterocycles. The van der Waals surface area contributed by atoms with Gasteiger partial charge in [-0.05, 0) is 12.3 Å². The minimum atomic E-state index is -0.490. The number of thioether (sulfide) groups is 1. The molecule has 6 nitrogen and oxygen atoms in total. The van der Waals surface area contributed by atoms with Gasteiger partial charge < -0.3 is 4.74 Å². The minimum absolute atomic E-state index is 0.0741. The quantitative estimate of drug-likeness (QED) is 0.566. The van der Waals surface area contributed by atoms with Crippen molar-refractivity contribution in [1.29, 1.82) is 0 Å². The summed E-state index contributed by atoms with van der Waals surface area (Å²) < 4.78 is 7.75. The number of rotatable bonds is 5. The Balaban J connectivity index is 0.00000134. The van der Waals surface area contributed by atoms with Crippen LogP contribution in [0.3, 0.4) is 0 Å². The van der Waals surface area contributed by atoms with Crippen LogP contribution in [0.15, 0.2) is 17.1 Å². The molecule has 2 aromatic rings. The summed E-state index contributed by atoms with van der Waals surface area (Å²) in [6, 6.07) is 1.57. The Kier molecular flexibility index (Phi) is 11.3. The van der Waals surface area contributed by atoms with Crippen LogP contribution in [-0.2, 0) is 16.1 Å². The van der Waals surface area contributed by atoms with Gasteiger partial charge in [0, 0.05) is 12.1 Å². The van der Waals surface area contributed by atoms with E-state index in [2.05, 4.69) is 5.10 Å². The van der Waals surface area contributed by atoms with E-state index in [1.807, 2.05) is 47.8 Å². The third-order valence-corrected chi connectivity index (χ3v) is 3.40. The van der Waals surface area contributed by atoms with Gasteiger partial charge in [-0.15, -0.1) is 11.8 Å². The molecule has 8 heteroatoms. The van der Waals surface area contributed by atoms with Crippen molar-refractivity contribution in [3.63, 3.8) is 0 Å². The van der Waals surface area contributed by atoms with Gasteiger partial charge in [-0.3, -0.25) is 14.0 Å². The first kappa shape index (κ1) is 23.5.